The molecule has 3 aromatic carbocycles. The van der Waals surface area contributed by atoms with E-state index in [9.17, 15) is 18.0 Å². The molecule has 12 heteroatoms. The van der Waals surface area contributed by atoms with Crippen LogP contribution in [0.25, 0.3) is 0 Å². The zero-order valence-corrected chi connectivity index (χ0v) is 26.5. The summed E-state index contributed by atoms with van der Waals surface area (Å²) in [7, 11) is -1.49. The van der Waals surface area contributed by atoms with Gasteiger partial charge in [0, 0.05) is 28.7 Å². The molecule has 0 heterocycles. The minimum Gasteiger partial charge on any atom is -0.493 e. The molecule has 0 unspecified atom stereocenters. The van der Waals surface area contributed by atoms with Crippen molar-refractivity contribution in [3.63, 3.8) is 0 Å². The fourth-order valence-electron chi connectivity index (χ4n) is 4.35. The number of anilines is 1. The van der Waals surface area contributed by atoms with Gasteiger partial charge in [-0.3, -0.25) is 13.9 Å². The summed E-state index contributed by atoms with van der Waals surface area (Å²) >= 11 is 12.5. The Morgan fingerprint density at radius 2 is 1.57 bits per heavy atom. The Kier molecular flexibility index (Phi) is 11.5. The number of sulfonamides is 1. The van der Waals surface area contributed by atoms with Gasteiger partial charge in [0.2, 0.25) is 11.8 Å². The van der Waals surface area contributed by atoms with Crippen molar-refractivity contribution in [1.82, 2.24) is 10.2 Å². The third-order valence-corrected chi connectivity index (χ3v) is 8.84. The Hall–Kier alpha value is -3.47. The van der Waals surface area contributed by atoms with E-state index in [4.69, 9.17) is 32.7 Å². The van der Waals surface area contributed by atoms with E-state index in [1.54, 1.807) is 31.2 Å². The summed E-state index contributed by atoms with van der Waals surface area (Å²) in [6.45, 7) is 4.82. The highest BCUT2D eigenvalue weighted by Crippen LogP contribution is 2.33. The molecule has 0 saturated heterocycles. The van der Waals surface area contributed by atoms with Gasteiger partial charge in [0.1, 0.15) is 12.6 Å². The summed E-state index contributed by atoms with van der Waals surface area (Å²) in [6.07, 6.45) is 0.290. The van der Waals surface area contributed by atoms with Crippen LogP contribution in [0.15, 0.2) is 71.6 Å². The molecule has 0 spiro atoms. The summed E-state index contributed by atoms with van der Waals surface area (Å²) in [5.41, 5.74) is 0.823. The van der Waals surface area contributed by atoms with Crippen LogP contribution in [0.3, 0.4) is 0 Å². The van der Waals surface area contributed by atoms with Gasteiger partial charge in [-0.2, -0.15) is 0 Å². The molecule has 0 aliphatic carbocycles. The number of benzene rings is 3. The van der Waals surface area contributed by atoms with Gasteiger partial charge >= 0.3 is 0 Å². The quantitative estimate of drug-likeness (QED) is 0.264. The molecule has 3 rings (SSSR count). The molecule has 226 valence electrons. The Labute approximate surface area is 257 Å². The highest BCUT2D eigenvalue weighted by molar-refractivity contribution is 7.92. The van der Waals surface area contributed by atoms with Gasteiger partial charge in [0.25, 0.3) is 10.0 Å². The smallest absolute Gasteiger partial charge is 0.264 e. The Balaban J connectivity index is 2.11. The van der Waals surface area contributed by atoms with E-state index in [1.165, 1.54) is 61.6 Å². The van der Waals surface area contributed by atoms with Crippen molar-refractivity contribution in [1.29, 1.82) is 0 Å². The number of rotatable bonds is 13. The first-order valence-corrected chi connectivity index (χ1v) is 15.5. The second kappa shape index (κ2) is 14.6. The molecule has 0 aliphatic heterocycles. The van der Waals surface area contributed by atoms with Crippen LogP contribution < -0.4 is 19.1 Å². The Bertz CT molecular complexity index is 1500. The molecule has 0 bridgehead atoms. The molecular weight excluding hydrogens is 601 g/mol. The molecule has 0 fully saturated rings. The lowest BCUT2D eigenvalue weighted by molar-refractivity contribution is -0.140. The number of hydrogen-bond donors (Lipinski definition) is 1. The van der Waals surface area contributed by atoms with Gasteiger partial charge in [0.05, 0.1) is 24.8 Å². The second-order valence-electron chi connectivity index (χ2n) is 9.71. The molecule has 1 N–H and O–H groups in total. The first kappa shape index (κ1) is 33.0. The zero-order chi connectivity index (χ0) is 31.0. The van der Waals surface area contributed by atoms with Crippen LogP contribution in [-0.2, 0) is 26.2 Å². The topological polar surface area (TPSA) is 105 Å². The minimum atomic E-state index is -4.33. The first-order valence-electron chi connectivity index (χ1n) is 13.3. The van der Waals surface area contributed by atoms with Gasteiger partial charge in [0.15, 0.2) is 11.5 Å². The summed E-state index contributed by atoms with van der Waals surface area (Å²) in [5, 5.41) is 3.67. The molecule has 42 heavy (non-hydrogen) atoms. The number of methoxy groups -OCH3 is 2. The Morgan fingerprint density at radius 1 is 0.929 bits per heavy atom. The summed E-state index contributed by atoms with van der Waals surface area (Å²) in [4.78, 5) is 28.6. The predicted molar refractivity (Wildman–Crippen MR) is 165 cm³/mol. The lowest BCUT2D eigenvalue weighted by atomic mass is 10.1. The van der Waals surface area contributed by atoms with E-state index in [0.29, 0.717) is 21.4 Å². The van der Waals surface area contributed by atoms with Crippen LogP contribution in [0.1, 0.15) is 32.8 Å². The molecule has 0 radical (unpaired) electrons. The van der Waals surface area contributed by atoms with Crippen molar-refractivity contribution in [2.24, 2.45) is 0 Å². The van der Waals surface area contributed by atoms with Crippen molar-refractivity contribution in [2.45, 2.75) is 50.7 Å². The molecular formula is C30H35Cl2N3O6S. The molecule has 0 aromatic heterocycles. The third kappa shape index (κ3) is 7.87. The highest BCUT2D eigenvalue weighted by atomic mass is 35.5. The maximum absolute atomic E-state index is 14.1. The van der Waals surface area contributed by atoms with Crippen LogP contribution in [0.4, 0.5) is 5.69 Å². The lowest BCUT2D eigenvalue weighted by Crippen LogP contribution is -2.53. The van der Waals surface area contributed by atoms with Crippen molar-refractivity contribution >= 4 is 50.7 Å². The van der Waals surface area contributed by atoms with Crippen LogP contribution in [0, 0.1) is 0 Å². The van der Waals surface area contributed by atoms with Gasteiger partial charge in [-0.1, -0.05) is 48.3 Å². The standard InChI is InChI=1S/C30H35Cl2N3O6S/c1-6-26(30(37)33-20(2)3)34(18-21-9-7-8-10-25(21)32)29(36)19-35(23-13-11-22(31)12-14-23)42(38,39)24-15-16-27(40-4)28(17-24)41-5/h7-17,20,26H,6,18-19H2,1-5H3,(H,33,37)/t26-/m1/s1. The van der Waals surface area contributed by atoms with E-state index < -0.39 is 28.5 Å². The van der Waals surface area contributed by atoms with Crippen LogP contribution in [-0.4, -0.2) is 58.0 Å². The molecule has 1 atom stereocenters. The van der Waals surface area contributed by atoms with E-state index in [1.807, 2.05) is 13.8 Å². The average Bonchev–Trinajstić information content (AvgIpc) is 2.96. The van der Waals surface area contributed by atoms with E-state index >= 15 is 0 Å². The van der Waals surface area contributed by atoms with E-state index in [0.717, 1.165) is 4.31 Å². The van der Waals surface area contributed by atoms with Crippen molar-refractivity contribution < 1.29 is 27.5 Å². The summed E-state index contributed by atoms with van der Waals surface area (Å²) in [6, 6.07) is 16.2. The predicted octanol–water partition coefficient (Wildman–Crippen LogP) is 5.54. The maximum Gasteiger partial charge on any atom is 0.264 e. The number of ether oxygens (including phenoxy) is 2. The van der Waals surface area contributed by atoms with Gasteiger partial charge in [-0.05, 0) is 68.3 Å². The summed E-state index contributed by atoms with van der Waals surface area (Å²) < 4.78 is 39.8. The summed E-state index contributed by atoms with van der Waals surface area (Å²) in [5.74, 6) is -0.399. The number of hydrogen-bond acceptors (Lipinski definition) is 6. The first-order chi connectivity index (χ1) is 19.9. The maximum atomic E-state index is 14.1. The molecule has 9 nitrogen and oxygen atoms in total. The largest absolute Gasteiger partial charge is 0.493 e. The monoisotopic (exact) mass is 635 g/mol. The average molecular weight is 637 g/mol. The SMILES string of the molecule is CC[C@H](C(=O)NC(C)C)N(Cc1ccccc1Cl)C(=O)CN(c1ccc(Cl)cc1)S(=O)(=O)c1ccc(OC)c(OC)c1. The van der Waals surface area contributed by atoms with Crippen molar-refractivity contribution in [2.75, 3.05) is 25.1 Å². The number of halogens is 2. The van der Waals surface area contributed by atoms with Gasteiger partial charge in [-0.15, -0.1) is 0 Å². The minimum absolute atomic E-state index is 0.00655. The molecule has 3 aromatic rings. The number of carbonyl (C=O) groups excluding carboxylic acids is 2. The van der Waals surface area contributed by atoms with Crippen LogP contribution >= 0.6 is 23.2 Å². The fourth-order valence-corrected chi connectivity index (χ4v) is 6.10. The molecule has 2 amide bonds. The van der Waals surface area contributed by atoms with Gasteiger partial charge < -0.3 is 19.7 Å². The zero-order valence-electron chi connectivity index (χ0n) is 24.1. The number of nitrogens with one attached hydrogen (secondary N) is 1. The van der Waals surface area contributed by atoms with Crippen LogP contribution in [0.5, 0.6) is 11.5 Å². The highest BCUT2D eigenvalue weighted by Gasteiger charge is 2.34. The number of nitrogens with zero attached hydrogens (tertiary/aromatic N) is 2. The number of amides is 2. The number of carbonyl (C=O) groups is 2. The van der Waals surface area contributed by atoms with E-state index in [2.05, 4.69) is 5.32 Å². The van der Waals surface area contributed by atoms with E-state index in [-0.39, 0.29) is 41.2 Å². The fraction of sp³-hybridized carbons (Fsp3) is 0.333. The van der Waals surface area contributed by atoms with Crippen molar-refractivity contribution in [3.05, 3.63) is 82.3 Å². The normalized spacial score (nSPS) is 12.0. The molecule has 0 aliphatic rings. The van der Waals surface area contributed by atoms with Gasteiger partial charge in [-0.25, -0.2) is 8.42 Å². The van der Waals surface area contributed by atoms with Crippen molar-refractivity contribution in [3.8, 4) is 11.5 Å². The third-order valence-electron chi connectivity index (χ3n) is 6.45. The molecule has 0 saturated carbocycles. The van der Waals surface area contributed by atoms with Crippen LogP contribution in [0.2, 0.25) is 10.0 Å². The lowest BCUT2D eigenvalue weighted by Gasteiger charge is -2.33. The second-order valence-corrected chi connectivity index (χ2v) is 12.4. The Morgan fingerprint density at radius 3 is 2.14 bits per heavy atom.